The molecule has 4 heterocycles. The number of nitrogens with one attached hydrogen (secondary N) is 1. The summed E-state index contributed by atoms with van der Waals surface area (Å²) in [6.07, 6.45) is 12.8. The Labute approximate surface area is 377 Å². The summed E-state index contributed by atoms with van der Waals surface area (Å²) in [7, 11) is 5.61. The first-order chi connectivity index (χ1) is 31.0. The molecule has 4 aromatic rings. The highest BCUT2D eigenvalue weighted by molar-refractivity contribution is 6.01. The molecule has 1 saturated carbocycles. The smallest absolute Gasteiger partial charge is 0.325 e. The van der Waals surface area contributed by atoms with Crippen molar-refractivity contribution in [2.24, 2.45) is 37.8 Å². The number of likely N-dealkylation sites (N-methyl/N-ethyl adjacent to an activating group) is 2. The molecule has 2 aromatic carbocycles. The second-order valence-corrected chi connectivity index (χ2v) is 18.7. The molecule has 3 fully saturated rings. The molecule has 2 aliphatic heterocycles. The molecule has 2 aromatic heterocycles. The van der Waals surface area contributed by atoms with Gasteiger partial charge in [0.25, 0.3) is 11.8 Å². The summed E-state index contributed by atoms with van der Waals surface area (Å²) in [5.74, 6) is 1.90. The van der Waals surface area contributed by atoms with Crippen molar-refractivity contribution in [3.8, 4) is 0 Å². The molecule has 0 spiro atoms. The summed E-state index contributed by atoms with van der Waals surface area (Å²) in [4.78, 5) is 57.2. The highest BCUT2D eigenvalue weighted by Gasteiger charge is 2.52. The lowest BCUT2D eigenvalue weighted by molar-refractivity contribution is -0.141. The summed E-state index contributed by atoms with van der Waals surface area (Å²) in [6.45, 7) is 15.4. The number of esters is 1. The van der Waals surface area contributed by atoms with Crippen molar-refractivity contribution in [1.82, 2.24) is 24.3 Å². The molecule has 342 valence electrons. The van der Waals surface area contributed by atoms with Gasteiger partial charge < -0.3 is 33.1 Å². The SMILES string of the molecule is CCN(CC(=O)OC)C(=O)c1ccc2c(c1)c1c(n2C)CCC(C2CCOCC2)C1.[C-]#[N+]C1(NC(=O)CN(CC)C(=O)c2ccc3c(c2)c2c(n3C)CCC(C3CCOCC3)C2)CC1. The predicted molar refractivity (Wildman–Crippen MR) is 246 cm³/mol. The van der Waals surface area contributed by atoms with E-state index in [2.05, 4.69) is 45.5 Å². The van der Waals surface area contributed by atoms with Crippen molar-refractivity contribution in [2.75, 3.05) is 59.7 Å². The number of hydrogen-bond donors (Lipinski definition) is 1. The second-order valence-electron chi connectivity index (χ2n) is 18.7. The highest BCUT2D eigenvalue weighted by atomic mass is 16.5. The molecule has 3 amide bonds. The van der Waals surface area contributed by atoms with Crippen LogP contribution in [0.25, 0.3) is 26.7 Å². The van der Waals surface area contributed by atoms with Crippen LogP contribution < -0.4 is 5.32 Å². The van der Waals surface area contributed by atoms with E-state index in [0.29, 0.717) is 48.9 Å². The van der Waals surface area contributed by atoms with Crippen LogP contribution in [0.5, 0.6) is 0 Å². The summed E-state index contributed by atoms with van der Waals surface area (Å²) >= 11 is 0. The summed E-state index contributed by atoms with van der Waals surface area (Å²) < 4.78 is 20.5. The Hall–Kier alpha value is -5.19. The average Bonchev–Trinajstić information content (AvgIpc) is 3.99. The Kier molecular flexibility index (Phi) is 13.8. The third kappa shape index (κ3) is 9.32. The number of aryl methyl sites for hydroxylation is 2. The van der Waals surface area contributed by atoms with Crippen molar-refractivity contribution in [3.63, 3.8) is 0 Å². The third-order valence-electron chi connectivity index (χ3n) is 15.2. The van der Waals surface area contributed by atoms with Gasteiger partial charge in [0.1, 0.15) is 13.1 Å². The minimum Gasteiger partial charge on any atom is -0.468 e. The number of fused-ring (bicyclic) bond motifs is 6. The average molecular weight is 875 g/mol. The number of nitrogens with zero attached hydrogens (tertiary/aromatic N) is 5. The molecule has 2 atom stereocenters. The number of benzene rings is 2. The van der Waals surface area contributed by atoms with Crippen LogP contribution in [-0.4, -0.2) is 108 Å². The number of carbonyl (C=O) groups is 4. The largest absolute Gasteiger partial charge is 0.468 e. The number of rotatable bonds is 11. The van der Waals surface area contributed by atoms with Crippen LogP contribution >= 0.6 is 0 Å². The molecule has 64 heavy (non-hydrogen) atoms. The summed E-state index contributed by atoms with van der Waals surface area (Å²) in [6, 6.07) is 11.9. The van der Waals surface area contributed by atoms with Gasteiger partial charge in [-0.05, 0) is 149 Å². The zero-order valence-corrected chi connectivity index (χ0v) is 38.5. The van der Waals surface area contributed by atoms with Crippen molar-refractivity contribution in [1.29, 1.82) is 0 Å². The first-order valence-corrected chi connectivity index (χ1v) is 23.7. The number of amides is 3. The third-order valence-corrected chi connectivity index (χ3v) is 15.2. The van der Waals surface area contributed by atoms with E-state index in [0.717, 1.165) is 89.6 Å². The fourth-order valence-corrected chi connectivity index (χ4v) is 11.2. The standard InChI is InChI=1S/C27H34N4O3.C24H32N2O4/c1-4-31(17-25(32)29-27(28-2)11-12-27)26(33)20-6-8-24-22(16-20)21-15-19(5-7-23(21)30(24)3)18-9-13-34-14-10-18;1-4-26(15-23(27)29-3)24(28)18-6-8-22-20(14-18)19-13-17(5-7-21(19)25(22)2)16-9-11-30-12-10-16/h6,8,16,18-19H,4-5,7,9-15,17H2,1,3H3,(H,29,32);6,8,14,16-17H,4-5,7,9-13,15H2,1-3H3. The first-order valence-electron chi connectivity index (χ1n) is 23.7. The maximum atomic E-state index is 13.4. The molecule has 2 unspecified atom stereocenters. The maximum absolute atomic E-state index is 13.4. The van der Waals surface area contributed by atoms with Crippen molar-refractivity contribution < 1.29 is 33.4 Å². The van der Waals surface area contributed by atoms with E-state index in [-0.39, 0.29) is 30.8 Å². The minimum atomic E-state index is -0.734. The lowest BCUT2D eigenvalue weighted by Crippen LogP contribution is -2.44. The maximum Gasteiger partial charge on any atom is 0.325 e. The minimum absolute atomic E-state index is 0.0244. The van der Waals surface area contributed by atoms with Gasteiger partial charge >= 0.3 is 11.6 Å². The predicted octanol–water partition coefficient (Wildman–Crippen LogP) is 7.04. The van der Waals surface area contributed by atoms with Crippen LogP contribution in [-0.2, 0) is 63.6 Å². The van der Waals surface area contributed by atoms with Gasteiger partial charge in [0.15, 0.2) is 0 Å². The van der Waals surface area contributed by atoms with Gasteiger partial charge in [0, 0.05) is 97.9 Å². The van der Waals surface area contributed by atoms with Crippen molar-refractivity contribution >= 4 is 45.5 Å². The molecule has 0 bridgehead atoms. The number of ether oxygens (including phenoxy) is 3. The molecule has 2 saturated heterocycles. The first kappa shape index (κ1) is 45.4. The molecular weight excluding hydrogens is 809 g/mol. The van der Waals surface area contributed by atoms with Crippen LogP contribution in [0.15, 0.2) is 36.4 Å². The number of methoxy groups -OCH3 is 1. The van der Waals surface area contributed by atoms with E-state index < -0.39 is 11.6 Å². The van der Waals surface area contributed by atoms with Crippen LogP contribution in [0.4, 0.5) is 0 Å². The van der Waals surface area contributed by atoms with Crippen LogP contribution in [0.3, 0.4) is 0 Å². The fraction of sp³-hybridized carbons (Fsp3) is 0.588. The van der Waals surface area contributed by atoms with E-state index in [1.54, 1.807) is 4.90 Å². The van der Waals surface area contributed by atoms with E-state index in [4.69, 9.17) is 20.8 Å². The number of hydrogen-bond acceptors (Lipinski definition) is 7. The second kappa shape index (κ2) is 19.5. The molecule has 5 aliphatic rings. The lowest BCUT2D eigenvalue weighted by Gasteiger charge is -2.33. The zero-order valence-electron chi connectivity index (χ0n) is 38.5. The van der Waals surface area contributed by atoms with Crippen molar-refractivity contribution in [3.05, 3.63) is 81.5 Å². The number of aromatic nitrogens is 2. The highest BCUT2D eigenvalue weighted by Crippen LogP contribution is 2.41. The Morgan fingerprint density at radius 1 is 0.719 bits per heavy atom. The van der Waals surface area contributed by atoms with E-state index in [1.807, 2.05) is 38.1 Å². The van der Waals surface area contributed by atoms with Gasteiger partial charge in [-0.15, -0.1) is 0 Å². The Morgan fingerprint density at radius 3 is 1.58 bits per heavy atom. The number of carbonyl (C=O) groups excluding carboxylic acids is 4. The molecule has 9 rings (SSSR count). The molecule has 3 aliphatic carbocycles. The van der Waals surface area contributed by atoms with Crippen LogP contribution in [0, 0.1) is 30.2 Å². The zero-order chi connectivity index (χ0) is 45.1. The Bertz CT molecular complexity index is 2430. The van der Waals surface area contributed by atoms with Gasteiger partial charge in [-0.1, -0.05) is 0 Å². The normalized spacial score (nSPS) is 20.6. The molecule has 13 heteroatoms. The van der Waals surface area contributed by atoms with Gasteiger partial charge in [-0.25, -0.2) is 6.57 Å². The lowest BCUT2D eigenvalue weighted by atomic mass is 9.75. The van der Waals surface area contributed by atoms with Crippen molar-refractivity contribution in [2.45, 2.75) is 96.6 Å². The van der Waals surface area contributed by atoms with Gasteiger partial charge in [0.05, 0.1) is 20.0 Å². The van der Waals surface area contributed by atoms with Crippen LogP contribution in [0.2, 0.25) is 0 Å². The van der Waals surface area contributed by atoms with Gasteiger partial charge in [0.2, 0.25) is 5.91 Å². The van der Waals surface area contributed by atoms with Gasteiger partial charge in [-0.2, -0.15) is 0 Å². The fourth-order valence-electron chi connectivity index (χ4n) is 11.2. The van der Waals surface area contributed by atoms with E-state index >= 15 is 0 Å². The molecule has 13 nitrogen and oxygen atoms in total. The Morgan fingerprint density at radius 2 is 1.17 bits per heavy atom. The summed E-state index contributed by atoms with van der Waals surface area (Å²) in [5, 5.41) is 5.16. The molecule has 1 N–H and O–H groups in total. The monoisotopic (exact) mass is 874 g/mol. The van der Waals surface area contributed by atoms with E-state index in [9.17, 15) is 19.2 Å². The molecule has 0 radical (unpaired) electrons. The molecular formula is C51H66N6O7. The summed E-state index contributed by atoms with van der Waals surface area (Å²) in [5.41, 5.74) is 8.46. The quantitative estimate of drug-likeness (QED) is 0.127. The topological polar surface area (TPSA) is 129 Å². The van der Waals surface area contributed by atoms with Gasteiger partial charge in [-0.3, -0.25) is 29.3 Å². The van der Waals surface area contributed by atoms with Crippen LogP contribution in [0.1, 0.15) is 108 Å². The Balaban J connectivity index is 0.000000176. The van der Waals surface area contributed by atoms with E-state index in [1.165, 1.54) is 69.2 Å².